The number of hydrogen-bond acceptors (Lipinski definition) is 4. The molecule has 0 spiro atoms. The van der Waals surface area contributed by atoms with Gasteiger partial charge in [0.25, 0.3) is 10.2 Å². The number of rotatable bonds is 8. The Morgan fingerprint density at radius 3 is 2.85 bits per heavy atom. The van der Waals surface area contributed by atoms with Crippen molar-refractivity contribution in [2.24, 2.45) is 11.1 Å². The van der Waals surface area contributed by atoms with Crippen molar-refractivity contribution in [3.63, 3.8) is 0 Å². The molecule has 1 unspecified atom stereocenters. The normalized spacial score (nSPS) is 20.1. The van der Waals surface area contributed by atoms with Crippen LogP contribution in [0.5, 0.6) is 0 Å². The number of hydrogen-bond donors (Lipinski definition) is 2. The molecule has 1 heterocycles. The highest BCUT2D eigenvalue weighted by Gasteiger charge is 2.23. The van der Waals surface area contributed by atoms with Crippen LogP contribution in [-0.2, 0) is 19.7 Å². The van der Waals surface area contributed by atoms with Gasteiger partial charge < -0.3 is 9.64 Å². The Hall–Kier alpha value is -0.700. The number of amides is 1. The predicted molar refractivity (Wildman–Crippen MR) is 76.1 cm³/mol. The van der Waals surface area contributed by atoms with E-state index in [2.05, 4.69) is 4.72 Å². The summed E-state index contributed by atoms with van der Waals surface area (Å²) in [6.45, 7) is 4.75. The molecular weight excluding hydrogens is 282 g/mol. The zero-order valence-electron chi connectivity index (χ0n) is 12.0. The minimum absolute atomic E-state index is 0.0707. The van der Waals surface area contributed by atoms with E-state index in [4.69, 9.17) is 9.88 Å². The van der Waals surface area contributed by atoms with E-state index in [-0.39, 0.29) is 18.4 Å². The molecule has 0 aliphatic carbocycles. The van der Waals surface area contributed by atoms with Gasteiger partial charge in [0.2, 0.25) is 5.91 Å². The zero-order valence-corrected chi connectivity index (χ0v) is 12.8. The summed E-state index contributed by atoms with van der Waals surface area (Å²) in [6, 6.07) is 0. The highest BCUT2D eigenvalue weighted by Crippen LogP contribution is 2.16. The first-order valence-electron chi connectivity index (χ1n) is 7.05. The van der Waals surface area contributed by atoms with E-state index < -0.39 is 10.2 Å². The minimum atomic E-state index is -3.66. The molecule has 1 aliphatic heterocycles. The fourth-order valence-corrected chi connectivity index (χ4v) is 2.72. The summed E-state index contributed by atoms with van der Waals surface area (Å²) in [7, 11) is -3.66. The second-order valence-corrected chi connectivity index (χ2v) is 6.48. The summed E-state index contributed by atoms with van der Waals surface area (Å²) >= 11 is 0. The summed E-state index contributed by atoms with van der Waals surface area (Å²) in [5.41, 5.74) is 0. The van der Waals surface area contributed by atoms with E-state index in [9.17, 15) is 13.2 Å². The Morgan fingerprint density at radius 1 is 1.45 bits per heavy atom. The van der Waals surface area contributed by atoms with E-state index in [1.165, 1.54) is 0 Å². The predicted octanol–water partition coefficient (Wildman–Crippen LogP) is -0.165. The fraction of sp³-hybridized carbons (Fsp3) is 0.917. The lowest BCUT2D eigenvalue weighted by atomic mass is 9.98. The molecule has 1 aliphatic rings. The van der Waals surface area contributed by atoms with Crippen LogP contribution in [-0.4, -0.2) is 52.1 Å². The first-order chi connectivity index (χ1) is 9.42. The average molecular weight is 307 g/mol. The van der Waals surface area contributed by atoms with Gasteiger partial charge in [0.05, 0.1) is 13.0 Å². The first-order valence-corrected chi connectivity index (χ1v) is 8.60. The van der Waals surface area contributed by atoms with Crippen molar-refractivity contribution >= 4 is 16.1 Å². The quantitative estimate of drug-likeness (QED) is 0.608. The number of carbonyl (C=O) groups excluding carboxylic acids is 1. The molecule has 1 rings (SSSR count). The maximum absolute atomic E-state index is 12.0. The molecule has 0 aromatic carbocycles. The lowest BCUT2D eigenvalue weighted by Gasteiger charge is -2.32. The molecule has 1 fully saturated rings. The summed E-state index contributed by atoms with van der Waals surface area (Å²) in [5.74, 6) is 0.198. The van der Waals surface area contributed by atoms with Crippen LogP contribution in [0.25, 0.3) is 0 Å². The SMILES string of the molecule is CCCOCCC(=O)N1CCCC(CNS(N)(=O)=O)C1. The number of nitrogens with two attached hydrogens (primary N) is 1. The third kappa shape index (κ3) is 7.18. The average Bonchev–Trinajstić information content (AvgIpc) is 2.41. The fourth-order valence-electron chi connectivity index (χ4n) is 2.26. The first kappa shape index (κ1) is 17.4. The van der Waals surface area contributed by atoms with Crippen molar-refractivity contribution in [3.8, 4) is 0 Å². The zero-order chi connectivity index (χ0) is 15.0. The van der Waals surface area contributed by atoms with Crippen molar-refractivity contribution < 1.29 is 17.9 Å². The van der Waals surface area contributed by atoms with Crippen molar-refractivity contribution in [3.05, 3.63) is 0 Å². The molecule has 0 aromatic heterocycles. The standard InChI is InChI=1S/C12H25N3O4S/c1-2-7-19-8-5-12(16)15-6-3-4-11(10-15)9-14-20(13,17)18/h11,14H,2-10H2,1H3,(H2,13,17,18). The molecule has 1 saturated heterocycles. The lowest BCUT2D eigenvalue weighted by molar-refractivity contribution is -0.134. The molecule has 3 N–H and O–H groups in total. The number of nitrogens with zero attached hydrogens (tertiary/aromatic N) is 1. The summed E-state index contributed by atoms with van der Waals surface area (Å²) in [4.78, 5) is 13.8. The molecule has 118 valence electrons. The van der Waals surface area contributed by atoms with Crippen LogP contribution in [0.3, 0.4) is 0 Å². The molecule has 0 radical (unpaired) electrons. The van der Waals surface area contributed by atoms with E-state index in [0.717, 1.165) is 25.8 Å². The van der Waals surface area contributed by atoms with Crippen LogP contribution < -0.4 is 9.86 Å². The Bertz CT molecular complexity index is 400. The number of piperidine rings is 1. The summed E-state index contributed by atoms with van der Waals surface area (Å²) < 4.78 is 29.3. The minimum Gasteiger partial charge on any atom is -0.381 e. The molecule has 0 bridgehead atoms. The summed E-state index contributed by atoms with van der Waals surface area (Å²) in [5, 5.41) is 4.91. The maximum atomic E-state index is 12.0. The van der Waals surface area contributed by atoms with Gasteiger partial charge in [-0.3, -0.25) is 4.79 Å². The van der Waals surface area contributed by atoms with Gasteiger partial charge >= 0.3 is 0 Å². The van der Waals surface area contributed by atoms with Gasteiger partial charge in [-0.1, -0.05) is 6.92 Å². The van der Waals surface area contributed by atoms with Crippen LogP contribution in [0.2, 0.25) is 0 Å². The van der Waals surface area contributed by atoms with Gasteiger partial charge in [-0.25, -0.2) is 9.86 Å². The largest absolute Gasteiger partial charge is 0.381 e. The van der Waals surface area contributed by atoms with E-state index in [1.807, 2.05) is 6.92 Å². The van der Waals surface area contributed by atoms with E-state index in [1.54, 1.807) is 4.90 Å². The highest BCUT2D eigenvalue weighted by molar-refractivity contribution is 7.87. The third-order valence-electron chi connectivity index (χ3n) is 3.25. The second-order valence-electron chi connectivity index (χ2n) is 5.10. The molecule has 0 aromatic rings. The Balaban J connectivity index is 2.30. The Kier molecular flexibility index (Phi) is 7.42. The van der Waals surface area contributed by atoms with Gasteiger partial charge in [-0.05, 0) is 25.2 Å². The van der Waals surface area contributed by atoms with Gasteiger partial charge in [-0.2, -0.15) is 8.42 Å². The Morgan fingerprint density at radius 2 is 2.20 bits per heavy atom. The molecule has 20 heavy (non-hydrogen) atoms. The van der Waals surface area contributed by atoms with Gasteiger partial charge in [0.15, 0.2) is 0 Å². The summed E-state index contributed by atoms with van der Waals surface area (Å²) in [6.07, 6.45) is 3.12. The van der Waals surface area contributed by atoms with Gasteiger partial charge in [0.1, 0.15) is 0 Å². The van der Waals surface area contributed by atoms with Crippen LogP contribution >= 0.6 is 0 Å². The van der Waals surface area contributed by atoms with Crippen LogP contribution in [0.15, 0.2) is 0 Å². The number of carbonyl (C=O) groups is 1. The monoisotopic (exact) mass is 307 g/mol. The molecule has 1 amide bonds. The molecule has 0 saturated carbocycles. The number of nitrogens with one attached hydrogen (secondary N) is 1. The van der Waals surface area contributed by atoms with Crippen LogP contribution in [0, 0.1) is 5.92 Å². The molecular formula is C12H25N3O4S. The maximum Gasteiger partial charge on any atom is 0.274 e. The van der Waals surface area contributed by atoms with Crippen molar-refractivity contribution in [2.75, 3.05) is 32.8 Å². The van der Waals surface area contributed by atoms with Crippen LogP contribution in [0.4, 0.5) is 0 Å². The lowest BCUT2D eigenvalue weighted by Crippen LogP contribution is -2.44. The number of likely N-dealkylation sites (tertiary alicyclic amines) is 1. The smallest absolute Gasteiger partial charge is 0.274 e. The molecule has 7 nitrogen and oxygen atoms in total. The van der Waals surface area contributed by atoms with E-state index in [0.29, 0.717) is 26.2 Å². The topological polar surface area (TPSA) is 102 Å². The highest BCUT2D eigenvalue weighted by atomic mass is 32.2. The van der Waals surface area contributed by atoms with Crippen molar-refractivity contribution in [2.45, 2.75) is 32.6 Å². The Labute approximate surface area is 121 Å². The van der Waals surface area contributed by atoms with Crippen molar-refractivity contribution in [1.29, 1.82) is 0 Å². The van der Waals surface area contributed by atoms with Crippen LogP contribution in [0.1, 0.15) is 32.6 Å². The number of ether oxygens (including phenoxy) is 1. The van der Waals surface area contributed by atoms with Gasteiger partial charge in [0, 0.05) is 26.2 Å². The third-order valence-corrected chi connectivity index (χ3v) is 3.82. The second kappa shape index (κ2) is 8.56. The van der Waals surface area contributed by atoms with E-state index >= 15 is 0 Å². The van der Waals surface area contributed by atoms with Gasteiger partial charge in [-0.15, -0.1) is 0 Å². The molecule has 1 atom stereocenters. The van der Waals surface area contributed by atoms with Crippen molar-refractivity contribution in [1.82, 2.24) is 9.62 Å². The molecule has 8 heteroatoms.